The molecule has 8 heterocycles. The summed E-state index contributed by atoms with van der Waals surface area (Å²) in [7, 11) is 1.46. The van der Waals surface area contributed by atoms with Gasteiger partial charge in [-0.2, -0.15) is 10.2 Å². The van der Waals surface area contributed by atoms with Crippen molar-refractivity contribution in [3.63, 3.8) is 0 Å². The van der Waals surface area contributed by atoms with Crippen molar-refractivity contribution >= 4 is 106 Å². The van der Waals surface area contributed by atoms with E-state index in [1.165, 1.54) is 55.2 Å². The predicted molar refractivity (Wildman–Crippen MR) is 451 cm³/mol. The van der Waals surface area contributed by atoms with Crippen molar-refractivity contribution in [2.24, 2.45) is 11.7 Å². The number of nitrogens with one attached hydrogen (secondary N) is 11. The summed E-state index contributed by atoms with van der Waals surface area (Å²) < 4.78 is 40.6. The number of likely N-dealkylation sites (N-methyl/N-ethyl adjacent to an activating group) is 1. The van der Waals surface area contributed by atoms with Crippen molar-refractivity contribution in [2.75, 3.05) is 32.1 Å². The highest BCUT2D eigenvalue weighted by Crippen LogP contribution is 2.50. The second-order valence-electron chi connectivity index (χ2n) is 31.3. The van der Waals surface area contributed by atoms with Gasteiger partial charge in [-0.1, -0.05) is 79.0 Å². The number of hydroxylamine groups is 1. The molecule has 0 saturated carbocycles. The number of carbonyl (C=O) groups excluding carboxylic acids is 10. The number of anilines is 1. The number of rotatable bonds is 23. The number of nitriles is 1. The lowest BCUT2D eigenvalue weighted by molar-refractivity contribution is -0.334. The Balaban J connectivity index is 0.997. The van der Waals surface area contributed by atoms with E-state index in [0.717, 1.165) is 72.8 Å². The molecule has 7 aromatic rings. The van der Waals surface area contributed by atoms with Gasteiger partial charge in [0.25, 0.3) is 11.8 Å². The number of ether oxygens (including phenoxy) is 6. The Bertz CT molecular complexity index is 5610. The molecular weight excluding hydrogens is 1760 g/mol. The van der Waals surface area contributed by atoms with E-state index in [9.17, 15) is 74.7 Å². The van der Waals surface area contributed by atoms with Crippen molar-refractivity contribution in [2.45, 2.75) is 163 Å². The highest BCUT2D eigenvalue weighted by Gasteiger charge is 2.52. The number of nitrogens with two attached hydrogens (primary N) is 1. The van der Waals surface area contributed by atoms with E-state index >= 15 is 24.0 Å². The number of phenols is 3. The lowest BCUT2D eigenvalue weighted by atomic mass is 9.85. The molecule has 10 amide bonds. The zero-order valence-corrected chi connectivity index (χ0v) is 71.2. The van der Waals surface area contributed by atoms with Gasteiger partial charge in [0, 0.05) is 59.5 Å². The predicted octanol–water partition coefficient (Wildman–Crippen LogP) is 0.860. The number of carbonyl (C=O) groups is 10. The van der Waals surface area contributed by atoms with Crippen LogP contribution in [-0.2, 0) is 73.5 Å². The first kappa shape index (κ1) is 95.4. The van der Waals surface area contributed by atoms with Crippen LogP contribution in [0.15, 0.2) is 126 Å². The van der Waals surface area contributed by atoms with E-state index < -0.39 is 277 Å². The summed E-state index contributed by atoms with van der Waals surface area (Å²) in [6.07, 6.45) is -14.3. The number of nitrogens with zero attached hydrogens (tertiary/aromatic N) is 3. The zero-order valence-electron chi connectivity index (χ0n) is 68.9. The Morgan fingerprint density at radius 3 is 2.03 bits per heavy atom. The van der Waals surface area contributed by atoms with Crippen LogP contribution in [0.4, 0.5) is 5.82 Å². The first-order valence-electron chi connectivity index (χ1n) is 39.9. The van der Waals surface area contributed by atoms with Gasteiger partial charge in [-0.3, -0.25) is 62.7 Å². The number of hydrogen-bond acceptors (Lipinski definition) is 31. The second-order valence-corrected chi connectivity index (χ2v) is 32.5. The van der Waals surface area contributed by atoms with Crippen LogP contribution in [0, 0.1) is 17.4 Å². The van der Waals surface area contributed by atoms with E-state index in [0.29, 0.717) is 10.6 Å². The number of aromatic hydroxyl groups is 3. The number of phenolic OH excluding ortho intramolecular Hbond substituents is 3. The Morgan fingerprint density at radius 2 is 1.40 bits per heavy atom. The van der Waals surface area contributed by atoms with Crippen LogP contribution in [0.2, 0.25) is 15.1 Å². The highest BCUT2D eigenvalue weighted by atomic mass is 35.5. The van der Waals surface area contributed by atoms with E-state index in [2.05, 4.69) is 52.8 Å². The molecule has 2 fully saturated rings. The van der Waals surface area contributed by atoms with Crippen LogP contribution in [0.25, 0.3) is 17.2 Å². The molecule has 7 aliphatic rings. The number of aliphatic hydroxyl groups is 6. The molecule has 11 bridgehead atoms. The number of halogens is 3. The fraction of sp³-hybridized carbons (Fsp3) is 0.369. The minimum atomic E-state index is -2.43. The van der Waals surface area contributed by atoms with Gasteiger partial charge in [0.1, 0.15) is 101 Å². The molecule has 2 saturated heterocycles. The minimum Gasteiger partial charge on any atom is -0.508 e. The lowest BCUT2D eigenvalue weighted by Gasteiger charge is -2.48. The minimum absolute atomic E-state index is 0.0482. The molecular formula is C84H90Cl3N15O27. The fourth-order valence-electron chi connectivity index (χ4n) is 15.0. The summed E-state index contributed by atoms with van der Waals surface area (Å²) >= 11 is 20.3. The van der Waals surface area contributed by atoms with E-state index in [1.807, 2.05) is 5.48 Å². The van der Waals surface area contributed by atoms with Gasteiger partial charge >= 0.3 is 5.69 Å². The van der Waals surface area contributed by atoms with Crippen molar-refractivity contribution in [3.8, 4) is 63.3 Å². The Morgan fingerprint density at radius 1 is 0.744 bits per heavy atom. The molecule has 42 nitrogen and oxygen atoms in total. The second kappa shape index (κ2) is 41.2. The third-order valence-corrected chi connectivity index (χ3v) is 22.5. The summed E-state index contributed by atoms with van der Waals surface area (Å²) in [5.74, 6) is -18.2. The number of aromatic nitrogens is 2. The summed E-state index contributed by atoms with van der Waals surface area (Å²) in [6, 6.07) is 6.59. The third-order valence-electron chi connectivity index (χ3n) is 21.6. The molecule has 18 unspecified atom stereocenters. The molecule has 45 heteroatoms. The van der Waals surface area contributed by atoms with Gasteiger partial charge < -0.3 is 128 Å². The molecule has 129 heavy (non-hydrogen) atoms. The number of hydrogen-bond donors (Lipinski definition) is 21. The molecule has 18 atom stereocenters. The van der Waals surface area contributed by atoms with Gasteiger partial charge in [0.05, 0.1) is 41.3 Å². The van der Waals surface area contributed by atoms with Crippen LogP contribution in [0.1, 0.15) is 111 Å². The van der Waals surface area contributed by atoms with Crippen LogP contribution in [0.5, 0.6) is 46.0 Å². The SMILES string of the molecule is CNC(CC(C)C)C(=O)NC1C(=O)NC(CC(N)=O)C(=O)NC2C(=O)NC3C(=O)NC(C(=O)NC(C(=O)NOCC(=O)NC#N)c4cc(O)cc(O)c4-c4cc3ccc4O)C(O)c3ccc(c(Cl)c3)Oc3cc2cc(c3OC2OC(CO)C(O)C(O)C2OC2CC(C)(NCCn3ccc(NC(=O)C=Cc4ccc(Cl)cc4)nc3=O)C(O)C(C)O2)Oc2ccc(cc2Cl)C1O. The maximum atomic E-state index is 16.4. The van der Waals surface area contributed by atoms with Gasteiger partial charge in [0.2, 0.25) is 59.3 Å². The first-order chi connectivity index (χ1) is 61.3. The molecule has 0 spiro atoms. The van der Waals surface area contributed by atoms with Crippen molar-refractivity contribution in [1.29, 1.82) is 5.26 Å². The van der Waals surface area contributed by atoms with Gasteiger partial charge in [-0.05, 0) is 145 Å². The quantitative estimate of drug-likeness (QED) is 0.0183. The maximum absolute atomic E-state index is 16.4. The van der Waals surface area contributed by atoms with Crippen LogP contribution >= 0.6 is 34.8 Å². The van der Waals surface area contributed by atoms with Crippen molar-refractivity contribution < 1.29 is 127 Å². The molecule has 684 valence electrons. The largest absolute Gasteiger partial charge is 0.508 e. The fourth-order valence-corrected chi connectivity index (χ4v) is 15.6. The average Bonchev–Trinajstić information content (AvgIpc) is 0.762. The molecule has 0 radical (unpaired) electrons. The van der Waals surface area contributed by atoms with Gasteiger partial charge in [0.15, 0.2) is 36.7 Å². The highest BCUT2D eigenvalue weighted by molar-refractivity contribution is 6.32. The van der Waals surface area contributed by atoms with Gasteiger partial charge in [-0.15, -0.1) is 0 Å². The normalized spacial score (nSPS) is 25.4. The molecule has 22 N–H and O–H groups in total. The third kappa shape index (κ3) is 22.4. The van der Waals surface area contributed by atoms with Crippen molar-refractivity contribution in [3.05, 3.63) is 180 Å². The summed E-state index contributed by atoms with van der Waals surface area (Å²) in [4.78, 5) is 168. The number of primary amides is 1. The summed E-state index contributed by atoms with van der Waals surface area (Å²) in [5, 5.41) is 140. The first-order valence-corrected chi connectivity index (χ1v) is 41.1. The molecule has 6 aromatic carbocycles. The Kier molecular flexibility index (Phi) is 30.5. The molecule has 14 rings (SSSR count). The number of amides is 10. The number of fused-ring (bicyclic) bond motifs is 15. The smallest absolute Gasteiger partial charge is 0.349 e. The number of aliphatic hydroxyl groups excluding tert-OH is 6. The molecule has 0 aliphatic carbocycles. The van der Waals surface area contributed by atoms with Crippen molar-refractivity contribution in [1.82, 2.24) is 62.9 Å². The zero-order chi connectivity index (χ0) is 93.3. The summed E-state index contributed by atoms with van der Waals surface area (Å²) in [5.41, 5.74) is 3.02. The number of benzene rings is 6. The molecule has 7 aliphatic heterocycles. The topological polar surface area (TPSA) is 634 Å². The Labute approximate surface area is 747 Å². The summed E-state index contributed by atoms with van der Waals surface area (Å²) in [6.45, 7) is 4.48. The lowest BCUT2D eigenvalue weighted by Crippen LogP contribution is -2.65. The van der Waals surface area contributed by atoms with Crippen LogP contribution in [0.3, 0.4) is 0 Å². The standard InChI is InChI=1S/C84H90Cl3N15O27/c1-35(2)22-48(90-5)75(115)99-66-68(110)39-10-15-52(46(86)24-39)125-54-26-41-27-55(72(54)129-82-73(71(113)70(112)56(32-103)127-82)128-61-31-84(4,74(114)36(3)124-61)92-19-21-102-20-18-58(95-83(102)122)94-59(108)17-8-37-6-12-42(85)13-7-37)126-53-16-11-40(25-47(53)87)69(111)67-80(120)98-65(81(121)101-123-33-60(109)91-34-88)45-28-43(104)29-51(106)62(45)44-23-38(9-14-50(44)105)63(77(117)100-67)97-78(118)64(41)96-76(116)49(30-57(89)107)93-79(66)119/h6-18,20,23-29,35-36,48-49,56,61,63-71,73-74,82,90,92,103-106,110-114H,19,21-22,30-33H2,1-5H3,(H2,89,107)(H,91,109)(H,93,119)(H,96,116)(H,97,118)(H,98,120)(H,99,115)(H,100,117)(H,101,121)(H,94,95,108,122). The molecule has 1 aromatic heterocycles. The van der Waals surface area contributed by atoms with E-state index in [4.69, 9.17) is 79.1 Å². The van der Waals surface area contributed by atoms with Crippen LogP contribution < -0.4 is 84.3 Å². The monoisotopic (exact) mass is 1850 g/mol. The maximum Gasteiger partial charge on any atom is 0.349 e. The van der Waals surface area contributed by atoms with E-state index in [1.54, 1.807) is 50.4 Å². The Hall–Kier alpha value is -12.7. The van der Waals surface area contributed by atoms with Gasteiger partial charge in [-0.25, -0.2) is 10.3 Å². The van der Waals surface area contributed by atoms with E-state index in [-0.39, 0.29) is 48.8 Å². The van der Waals surface area contributed by atoms with Crippen LogP contribution in [-0.4, -0.2) is 220 Å². The average molecular weight is 1850 g/mol.